The molecule has 0 rings (SSSR count). The fourth-order valence-corrected chi connectivity index (χ4v) is 2.32. The van der Waals surface area contributed by atoms with E-state index in [-0.39, 0.29) is 26.1 Å². The minimum absolute atomic E-state index is 0.106. The molecule has 0 fully saturated rings. The molecule has 160 valence electrons. The van der Waals surface area contributed by atoms with E-state index in [2.05, 4.69) is 4.74 Å². The number of aliphatic carboxylic acids is 1. The molecular formula is C19H30O9. The first kappa shape index (κ1) is 25.7. The smallest absolute Gasteiger partial charge is 0.338 e. The summed E-state index contributed by atoms with van der Waals surface area (Å²) in [5.41, 5.74) is 0. The summed E-state index contributed by atoms with van der Waals surface area (Å²) in [6.45, 7) is 0.0565. The Bertz CT molecular complexity index is 514. The molecule has 0 radical (unpaired) electrons. The molecule has 9 nitrogen and oxygen atoms in total. The highest BCUT2D eigenvalue weighted by Gasteiger charge is 2.24. The topological polar surface area (TPSA) is 147 Å². The maximum Gasteiger partial charge on any atom is 0.338 e. The molecule has 9 heteroatoms. The van der Waals surface area contributed by atoms with E-state index in [9.17, 15) is 19.2 Å². The van der Waals surface area contributed by atoms with Crippen LogP contribution >= 0.6 is 0 Å². The Labute approximate surface area is 164 Å². The van der Waals surface area contributed by atoms with E-state index < -0.39 is 42.8 Å². The molecule has 0 aliphatic heterocycles. The Hall–Kier alpha value is -2.26. The fraction of sp³-hybridized carbons (Fsp3) is 0.684. The zero-order valence-electron chi connectivity index (χ0n) is 16.0. The zero-order valence-corrected chi connectivity index (χ0v) is 16.0. The average Bonchev–Trinajstić information content (AvgIpc) is 2.65. The third-order valence-corrected chi connectivity index (χ3v) is 3.85. The average molecular weight is 402 g/mol. The van der Waals surface area contributed by atoms with Gasteiger partial charge in [-0.2, -0.15) is 0 Å². The minimum atomic E-state index is -1.27. The van der Waals surface area contributed by atoms with E-state index in [1.165, 1.54) is 0 Å². The number of ether oxygens (including phenoxy) is 2. The van der Waals surface area contributed by atoms with Crippen LogP contribution in [0.5, 0.6) is 0 Å². The normalized spacial score (nSPS) is 11.9. The number of hydrogen-bond donors (Lipinski definition) is 3. The summed E-state index contributed by atoms with van der Waals surface area (Å²) in [7, 11) is 0. The number of esters is 3. The molecule has 1 atom stereocenters. The second kappa shape index (κ2) is 16.9. The van der Waals surface area contributed by atoms with Crippen LogP contribution in [0, 0.1) is 5.92 Å². The van der Waals surface area contributed by atoms with Crippen LogP contribution < -0.4 is 0 Å². The number of carbonyl (C=O) groups is 4. The molecule has 0 aromatic heterocycles. The van der Waals surface area contributed by atoms with Crippen molar-refractivity contribution in [2.75, 3.05) is 19.8 Å². The first-order valence-electron chi connectivity index (χ1n) is 9.42. The van der Waals surface area contributed by atoms with Gasteiger partial charge in [0.1, 0.15) is 0 Å². The van der Waals surface area contributed by atoms with Gasteiger partial charge in [-0.15, -0.1) is 0 Å². The van der Waals surface area contributed by atoms with Crippen molar-refractivity contribution in [2.24, 2.45) is 5.92 Å². The Balaban J connectivity index is 4.03. The quantitative estimate of drug-likeness (QED) is 0.151. The van der Waals surface area contributed by atoms with Crippen LogP contribution in [0.1, 0.15) is 57.8 Å². The highest BCUT2D eigenvalue weighted by molar-refractivity contribution is 5.93. The summed E-state index contributed by atoms with van der Waals surface area (Å²) in [6, 6.07) is 0. The van der Waals surface area contributed by atoms with Gasteiger partial charge in [-0.25, -0.2) is 4.79 Å². The number of carbonyl (C=O) groups excluding carboxylic acids is 3. The lowest BCUT2D eigenvalue weighted by Crippen LogP contribution is -2.22. The van der Waals surface area contributed by atoms with Crippen molar-refractivity contribution in [3.8, 4) is 0 Å². The maximum absolute atomic E-state index is 11.7. The van der Waals surface area contributed by atoms with E-state index in [4.69, 9.17) is 20.1 Å². The molecule has 28 heavy (non-hydrogen) atoms. The Kier molecular flexibility index (Phi) is 15.5. The minimum Gasteiger partial charge on any atom is -0.481 e. The van der Waals surface area contributed by atoms with Gasteiger partial charge in [0, 0.05) is 19.1 Å². The summed E-state index contributed by atoms with van der Waals surface area (Å²) < 4.78 is 9.44. The van der Waals surface area contributed by atoms with Gasteiger partial charge in [0.2, 0.25) is 0 Å². The van der Waals surface area contributed by atoms with Crippen LogP contribution in [0.4, 0.5) is 0 Å². The monoisotopic (exact) mass is 402 g/mol. The lowest BCUT2D eigenvalue weighted by Gasteiger charge is -2.11. The van der Waals surface area contributed by atoms with Crippen molar-refractivity contribution in [2.45, 2.75) is 57.8 Å². The van der Waals surface area contributed by atoms with Gasteiger partial charge < -0.3 is 24.8 Å². The molecule has 3 N–H and O–H groups in total. The van der Waals surface area contributed by atoms with E-state index in [1.807, 2.05) is 0 Å². The van der Waals surface area contributed by atoms with Crippen molar-refractivity contribution < 1.29 is 44.0 Å². The van der Waals surface area contributed by atoms with E-state index >= 15 is 0 Å². The molecule has 0 aliphatic rings. The first-order chi connectivity index (χ1) is 13.4. The second-order valence-electron chi connectivity index (χ2n) is 6.22. The molecule has 0 heterocycles. The van der Waals surface area contributed by atoms with Crippen molar-refractivity contribution >= 4 is 23.9 Å². The fourth-order valence-electron chi connectivity index (χ4n) is 2.32. The summed E-state index contributed by atoms with van der Waals surface area (Å²) in [4.78, 5) is 45.7. The van der Waals surface area contributed by atoms with E-state index in [0.29, 0.717) is 6.42 Å². The lowest BCUT2D eigenvalue weighted by atomic mass is 10.00. The third kappa shape index (κ3) is 14.9. The Morgan fingerprint density at radius 2 is 1.54 bits per heavy atom. The number of unbranched alkanes of at least 4 members (excludes halogenated alkanes) is 5. The maximum atomic E-state index is 11.7. The molecule has 0 amide bonds. The highest BCUT2D eigenvalue weighted by atomic mass is 16.6. The van der Waals surface area contributed by atoms with Gasteiger partial charge in [0.15, 0.2) is 0 Å². The number of rotatable bonds is 16. The summed E-state index contributed by atoms with van der Waals surface area (Å²) in [5, 5.41) is 26.3. The van der Waals surface area contributed by atoms with Gasteiger partial charge in [-0.1, -0.05) is 31.8 Å². The summed E-state index contributed by atoms with van der Waals surface area (Å²) in [5.74, 6) is -5.00. The van der Waals surface area contributed by atoms with Gasteiger partial charge in [-0.3, -0.25) is 14.4 Å². The molecule has 1 unspecified atom stereocenters. The van der Waals surface area contributed by atoms with Crippen LogP contribution in [-0.4, -0.2) is 59.0 Å². The lowest BCUT2D eigenvalue weighted by molar-refractivity contribution is -0.160. The molecule has 0 saturated carbocycles. The number of aliphatic hydroxyl groups excluding tert-OH is 2. The van der Waals surface area contributed by atoms with Gasteiger partial charge in [0.25, 0.3) is 0 Å². The second-order valence-corrected chi connectivity index (χ2v) is 6.22. The molecule has 0 spiro atoms. The summed E-state index contributed by atoms with van der Waals surface area (Å²) in [6.07, 6.45) is 6.52. The standard InChI is InChI=1S/C19H30O9/c20-11-5-3-1-2-4-6-13-27-16(22)10-9-15(19(25)26)14-18(24)28-17(23)8-7-12-21/h7-8,15,20-21H,1-6,9-14H2,(H,25,26)/b8-7+. The molecule has 0 saturated heterocycles. The van der Waals surface area contributed by atoms with Crippen LogP contribution in [0.25, 0.3) is 0 Å². The molecule has 0 bridgehead atoms. The van der Waals surface area contributed by atoms with E-state index in [0.717, 1.165) is 44.3 Å². The molecular weight excluding hydrogens is 372 g/mol. The number of carboxylic acid groups (broad SMARTS) is 1. The third-order valence-electron chi connectivity index (χ3n) is 3.85. The Morgan fingerprint density at radius 1 is 0.893 bits per heavy atom. The number of hydrogen-bond acceptors (Lipinski definition) is 8. The Morgan fingerprint density at radius 3 is 2.14 bits per heavy atom. The largest absolute Gasteiger partial charge is 0.481 e. The number of aliphatic hydroxyl groups is 2. The predicted octanol–water partition coefficient (Wildman–Crippen LogP) is 1.35. The number of carboxylic acids is 1. The van der Waals surface area contributed by atoms with E-state index in [1.54, 1.807) is 0 Å². The summed E-state index contributed by atoms with van der Waals surface area (Å²) >= 11 is 0. The van der Waals surface area contributed by atoms with Crippen LogP contribution in [0.2, 0.25) is 0 Å². The van der Waals surface area contributed by atoms with Gasteiger partial charge in [-0.05, 0) is 19.3 Å². The predicted molar refractivity (Wildman–Crippen MR) is 98.0 cm³/mol. The van der Waals surface area contributed by atoms with Crippen molar-refractivity contribution in [1.82, 2.24) is 0 Å². The molecule has 0 aromatic rings. The van der Waals surface area contributed by atoms with Crippen molar-refractivity contribution in [1.29, 1.82) is 0 Å². The highest BCUT2D eigenvalue weighted by Crippen LogP contribution is 2.14. The SMILES string of the molecule is O=C(/C=C/CO)OC(=O)CC(CCC(=O)OCCCCCCCCO)C(=O)O. The van der Waals surface area contributed by atoms with Gasteiger partial charge >= 0.3 is 23.9 Å². The van der Waals surface area contributed by atoms with Gasteiger partial charge in [0.05, 0.1) is 25.6 Å². The molecule has 0 aromatic carbocycles. The van der Waals surface area contributed by atoms with Crippen LogP contribution in [-0.2, 0) is 28.7 Å². The molecule has 0 aliphatic carbocycles. The zero-order chi connectivity index (χ0) is 21.2. The van der Waals surface area contributed by atoms with Crippen molar-refractivity contribution in [3.05, 3.63) is 12.2 Å². The first-order valence-corrected chi connectivity index (χ1v) is 9.42. The van der Waals surface area contributed by atoms with Crippen molar-refractivity contribution in [3.63, 3.8) is 0 Å². The van der Waals surface area contributed by atoms with Crippen LogP contribution in [0.3, 0.4) is 0 Å². The van der Waals surface area contributed by atoms with Crippen LogP contribution in [0.15, 0.2) is 12.2 Å².